The molecule has 0 N–H and O–H groups in total. The van der Waals surface area contributed by atoms with Crippen LogP contribution in [0.25, 0.3) is 4.85 Å². The molecule has 2 aliphatic rings. The summed E-state index contributed by atoms with van der Waals surface area (Å²) in [6, 6.07) is 26.6. The van der Waals surface area contributed by atoms with E-state index in [4.69, 9.17) is 25.0 Å². The van der Waals surface area contributed by atoms with Crippen LogP contribution in [0, 0.1) is 17.4 Å². The monoisotopic (exact) mass is 575 g/mol. The number of aromatic nitrogens is 6. The first-order valence-corrected chi connectivity index (χ1v) is 15.4. The van der Waals surface area contributed by atoms with Crippen molar-refractivity contribution in [2.45, 2.75) is 76.5 Å². The fourth-order valence-corrected chi connectivity index (χ4v) is 6.07. The number of benzene rings is 2. The molecule has 2 aromatic carbocycles. The van der Waals surface area contributed by atoms with Crippen LogP contribution in [-0.4, -0.2) is 54.7 Å². The zero-order valence-electron chi connectivity index (χ0n) is 24.9. The number of hydrogen-bond donors (Lipinski definition) is 0. The van der Waals surface area contributed by atoms with Gasteiger partial charge in [0.1, 0.15) is 6.04 Å². The molecule has 2 saturated heterocycles. The summed E-state index contributed by atoms with van der Waals surface area (Å²) >= 11 is 0. The van der Waals surface area contributed by atoms with E-state index >= 15 is 0 Å². The van der Waals surface area contributed by atoms with Crippen molar-refractivity contribution in [2.75, 3.05) is 22.9 Å². The van der Waals surface area contributed by atoms with Gasteiger partial charge in [-0.2, -0.15) is 25.0 Å². The van der Waals surface area contributed by atoms with Gasteiger partial charge in [0, 0.05) is 33.0 Å². The van der Waals surface area contributed by atoms with Crippen LogP contribution in [0.1, 0.15) is 54.9 Å². The zero-order valence-corrected chi connectivity index (χ0v) is 24.9. The van der Waals surface area contributed by atoms with Crippen molar-refractivity contribution in [3.63, 3.8) is 0 Å². The lowest BCUT2D eigenvalue weighted by molar-refractivity contribution is 0.650. The Morgan fingerprint density at radius 1 is 0.767 bits per heavy atom. The summed E-state index contributed by atoms with van der Waals surface area (Å²) in [6.45, 7) is 2.03. The molecule has 4 heterocycles. The highest BCUT2D eigenvalue weighted by Crippen LogP contribution is 2.26. The summed E-state index contributed by atoms with van der Waals surface area (Å²) in [6.07, 6.45) is 8.29. The van der Waals surface area contributed by atoms with Crippen LogP contribution in [0.15, 0.2) is 60.7 Å². The van der Waals surface area contributed by atoms with Gasteiger partial charge in [-0.05, 0) is 56.1 Å². The molecular formula is C33H39N10+. The lowest BCUT2D eigenvalue weighted by atomic mass is 10.1. The lowest BCUT2D eigenvalue weighted by Gasteiger charge is -2.18. The van der Waals surface area contributed by atoms with Gasteiger partial charge in [0.15, 0.2) is 17.7 Å². The first-order chi connectivity index (χ1) is 21.2. The van der Waals surface area contributed by atoms with E-state index in [1.54, 1.807) is 0 Å². The Labute approximate surface area is 253 Å². The Kier molecular flexibility index (Phi) is 8.93. The second kappa shape index (κ2) is 13.5. The van der Waals surface area contributed by atoms with Crippen LogP contribution in [0.3, 0.4) is 0 Å². The predicted molar refractivity (Wildman–Crippen MR) is 167 cm³/mol. The van der Waals surface area contributed by atoms with E-state index in [-0.39, 0.29) is 12.1 Å². The molecule has 4 aromatic rings. The molecule has 2 aromatic heterocycles. The summed E-state index contributed by atoms with van der Waals surface area (Å²) in [5.74, 6) is 3.26. The normalized spacial score (nSPS) is 18.0. The summed E-state index contributed by atoms with van der Waals surface area (Å²) in [5, 5.41) is 19.3. The van der Waals surface area contributed by atoms with Crippen molar-refractivity contribution < 1.29 is 0 Å². The van der Waals surface area contributed by atoms with Crippen LogP contribution in [0.4, 0.5) is 11.9 Å². The molecule has 10 nitrogen and oxygen atoms in total. The minimum absolute atomic E-state index is 0.0285. The molecule has 2 aliphatic heterocycles. The number of aryl methyl sites for hydroxylation is 5. The average molecular weight is 576 g/mol. The molecule has 0 radical (unpaired) electrons. The third-order valence-electron chi connectivity index (χ3n) is 8.28. The Morgan fingerprint density at radius 2 is 1.40 bits per heavy atom. The smallest absolute Gasteiger partial charge is 0.325 e. The SMILES string of the molecule is Cn1nc(CCc2ccccc2)nc1N1CCC[C@H]1C#[N+]Cn1nc(CCCc2ccccc2)nc1N1CCC[C@H]1C#N. The van der Waals surface area contributed by atoms with Crippen molar-refractivity contribution in [1.82, 2.24) is 29.5 Å². The van der Waals surface area contributed by atoms with Crippen LogP contribution < -0.4 is 9.80 Å². The Hall–Kier alpha value is -4.70. The van der Waals surface area contributed by atoms with E-state index in [0.29, 0.717) is 6.67 Å². The minimum atomic E-state index is -0.176. The number of nitriles is 1. The standard InChI is InChI=1S/C33H39N10/c1-40-32(36-31(38-40)20-19-27-13-6-3-7-14-27)42-22-10-17-29(42)24-35-25-43-33(41-21-9-16-28(41)23-34)37-30(39-43)18-8-15-26-11-4-2-5-12-26/h2-7,11-14,28-29H,8-10,15-22,25H2,1H3/q+1/t28-,29-/m0/s1. The fraction of sp³-hybridized carbons (Fsp3) is 0.455. The molecule has 0 saturated carbocycles. The highest BCUT2D eigenvalue weighted by atomic mass is 15.5. The minimum Gasteiger partial charge on any atom is -0.325 e. The molecule has 220 valence electrons. The summed E-state index contributed by atoms with van der Waals surface area (Å²) in [5.41, 5.74) is 2.61. The number of nitrogens with zero attached hydrogens (tertiary/aromatic N) is 10. The van der Waals surface area contributed by atoms with Crippen molar-refractivity contribution in [1.29, 1.82) is 5.26 Å². The van der Waals surface area contributed by atoms with Crippen LogP contribution in [-0.2, 0) is 39.4 Å². The van der Waals surface area contributed by atoms with E-state index < -0.39 is 0 Å². The van der Waals surface area contributed by atoms with E-state index in [1.165, 1.54) is 11.1 Å². The lowest BCUT2D eigenvalue weighted by Crippen LogP contribution is -2.31. The molecule has 0 unspecified atom stereocenters. The largest absolute Gasteiger partial charge is 0.359 e. The summed E-state index contributed by atoms with van der Waals surface area (Å²) in [4.78, 5) is 18.9. The number of rotatable bonds is 10. The second-order valence-corrected chi connectivity index (χ2v) is 11.4. The van der Waals surface area contributed by atoms with Gasteiger partial charge in [0.05, 0.1) is 6.07 Å². The van der Waals surface area contributed by atoms with Crippen LogP contribution in [0.5, 0.6) is 0 Å². The van der Waals surface area contributed by atoms with Gasteiger partial charge in [-0.25, -0.2) is 4.68 Å². The first-order valence-electron chi connectivity index (χ1n) is 15.4. The number of hydrogen-bond acceptors (Lipinski definition) is 7. The third kappa shape index (κ3) is 6.86. The Bertz CT molecular complexity index is 1590. The van der Waals surface area contributed by atoms with Gasteiger partial charge >= 0.3 is 12.7 Å². The van der Waals surface area contributed by atoms with Gasteiger partial charge in [0.2, 0.25) is 11.9 Å². The van der Waals surface area contributed by atoms with Gasteiger partial charge in [-0.3, -0.25) is 0 Å². The van der Waals surface area contributed by atoms with Crippen LogP contribution in [0.2, 0.25) is 0 Å². The molecule has 43 heavy (non-hydrogen) atoms. The third-order valence-corrected chi connectivity index (χ3v) is 8.28. The first kappa shape index (κ1) is 28.4. The maximum atomic E-state index is 9.73. The predicted octanol–water partition coefficient (Wildman–Crippen LogP) is 4.82. The van der Waals surface area contributed by atoms with E-state index in [2.05, 4.69) is 70.5 Å². The highest BCUT2D eigenvalue weighted by molar-refractivity contribution is 5.39. The molecule has 2 atom stereocenters. The molecule has 0 amide bonds. The van der Waals surface area contributed by atoms with Crippen molar-refractivity contribution >= 4 is 11.9 Å². The zero-order chi connectivity index (χ0) is 29.4. The Balaban J connectivity index is 1.13. The van der Waals surface area contributed by atoms with Gasteiger partial charge in [-0.1, -0.05) is 65.5 Å². The topological polar surface area (TPSA) is 96.1 Å². The molecular weight excluding hydrogens is 536 g/mol. The molecule has 0 aliphatic carbocycles. The quantitative estimate of drug-likeness (QED) is 0.268. The molecule has 0 spiro atoms. The molecule has 6 rings (SSSR count). The van der Waals surface area contributed by atoms with Gasteiger partial charge in [0.25, 0.3) is 0 Å². The molecule has 0 bridgehead atoms. The second-order valence-electron chi connectivity index (χ2n) is 11.4. The summed E-state index contributed by atoms with van der Waals surface area (Å²) in [7, 11) is 1.96. The van der Waals surface area contributed by atoms with E-state index in [1.807, 2.05) is 28.5 Å². The maximum absolute atomic E-state index is 9.73. The van der Waals surface area contributed by atoms with Gasteiger partial charge in [-0.15, -0.1) is 5.10 Å². The summed E-state index contributed by atoms with van der Waals surface area (Å²) < 4.78 is 3.73. The van der Waals surface area contributed by atoms with Crippen molar-refractivity contribution in [3.05, 3.63) is 88.3 Å². The maximum Gasteiger partial charge on any atom is 0.359 e. The van der Waals surface area contributed by atoms with E-state index in [0.717, 1.165) is 94.4 Å². The molecule has 2 fully saturated rings. The van der Waals surface area contributed by atoms with Crippen molar-refractivity contribution in [2.24, 2.45) is 7.05 Å². The number of anilines is 2. The average Bonchev–Trinajstić information content (AvgIpc) is 3.84. The van der Waals surface area contributed by atoms with Crippen molar-refractivity contribution in [3.8, 4) is 12.1 Å². The fourth-order valence-electron chi connectivity index (χ4n) is 6.07. The highest BCUT2D eigenvalue weighted by Gasteiger charge is 2.32. The van der Waals surface area contributed by atoms with Gasteiger partial charge < -0.3 is 9.80 Å². The van der Waals surface area contributed by atoms with E-state index in [9.17, 15) is 5.26 Å². The molecule has 10 heteroatoms. The van der Waals surface area contributed by atoms with Crippen LogP contribution >= 0.6 is 0 Å². The Morgan fingerprint density at radius 3 is 2.12 bits per heavy atom.